The molecule has 91 valence electrons. The molecule has 0 spiro atoms. The first-order valence-electron chi connectivity index (χ1n) is 4.83. The predicted octanol–water partition coefficient (Wildman–Crippen LogP) is 1.44. The molecule has 0 N–H and O–H groups in total. The second-order valence-corrected chi connectivity index (χ2v) is 3.17. The van der Waals surface area contributed by atoms with Crippen LogP contribution >= 0.6 is 0 Å². The van der Waals surface area contributed by atoms with Gasteiger partial charge in [0.25, 0.3) is 0 Å². The third-order valence-electron chi connectivity index (χ3n) is 1.18. The zero-order valence-electron chi connectivity index (χ0n) is 9.87. The zero-order valence-corrected chi connectivity index (χ0v) is 9.87. The second kappa shape index (κ2) is 9.89. The van der Waals surface area contributed by atoms with Gasteiger partial charge in [-0.2, -0.15) is 0 Å². The lowest BCUT2D eigenvalue weighted by Gasteiger charge is -1.99. The van der Waals surface area contributed by atoms with Crippen molar-refractivity contribution in [1.29, 1.82) is 0 Å². The molecular formula is C11H17O5. The molecule has 0 fully saturated rings. The summed E-state index contributed by atoms with van der Waals surface area (Å²) in [6, 6.07) is 0. The van der Waals surface area contributed by atoms with Crippen molar-refractivity contribution in [1.82, 2.24) is 0 Å². The fraction of sp³-hybridized carbons (Fsp3) is 0.545. The molecule has 1 radical (unpaired) electrons. The van der Waals surface area contributed by atoms with E-state index in [4.69, 9.17) is 4.74 Å². The summed E-state index contributed by atoms with van der Waals surface area (Å²) in [6.07, 6.45) is 0.388. The molecule has 0 amide bonds. The van der Waals surface area contributed by atoms with E-state index >= 15 is 0 Å². The number of Topliss-reactive ketones (excluding diaryl/α,β-unsaturated/α-hetero) is 1. The highest BCUT2D eigenvalue weighted by molar-refractivity contribution is 5.92. The number of hydrogen-bond donors (Lipinski definition) is 0. The first-order chi connectivity index (χ1) is 7.31. The highest BCUT2D eigenvalue weighted by Gasteiger charge is 2.01. The topological polar surface area (TPSA) is 80.3 Å². The van der Waals surface area contributed by atoms with E-state index < -0.39 is 12.4 Å². The summed E-state index contributed by atoms with van der Waals surface area (Å²) in [5.74, 6) is -1.98. The van der Waals surface area contributed by atoms with Gasteiger partial charge < -0.3 is 4.74 Å². The van der Waals surface area contributed by atoms with Crippen molar-refractivity contribution in [2.24, 2.45) is 0 Å². The molecule has 0 unspecified atom stereocenters. The van der Waals surface area contributed by atoms with E-state index in [-0.39, 0.29) is 11.8 Å². The maximum absolute atomic E-state index is 10.6. The molecule has 5 heteroatoms. The molecule has 5 nitrogen and oxygen atoms in total. The van der Waals surface area contributed by atoms with E-state index in [0.717, 1.165) is 6.42 Å². The van der Waals surface area contributed by atoms with Crippen molar-refractivity contribution >= 4 is 17.7 Å². The van der Waals surface area contributed by atoms with Crippen molar-refractivity contribution < 1.29 is 24.2 Å². The van der Waals surface area contributed by atoms with Crippen molar-refractivity contribution in [2.45, 2.75) is 33.6 Å². The smallest absolute Gasteiger partial charge is 0.362 e. The monoisotopic (exact) mass is 229 g/mol. The minimum absolute atomic E-state index is 0.295. The fourth-order valence-electron chi connectivity index (χ4n) is 0.521. The number of carbonyl (C=O) groups excluding carboxylic acids is 3. The Morgan fingerprint density at radius 1 is 1.19 bits per heavy atom. The molecule has 0 aliphatic rings. The number of esters is 1. The standard InChI is InChI=1S/C7H12O2.C4H5O3/c1-4-5-9-7(8)6(2)3;1-3(5)2-4(6)7/h2,4-5H2,1,3H3;2H2,1H3. The van der Waals surface area contributed by atoms with Crippen LogP contribution in [-0.4, -0.2) is 24.3 Å². The zero-order chi connectivity index (χ0) is 13.1. The lowest BCUT2D eigenvalue weighted by atomic mass is 10.3. The number of hydrogen-bond acceptors (Lipinski definition) is 4. The van der Waals surface area contributed by atoms with E-state index in [1.54, 1.807) is 6.92 Å². The van der Waals surface area contributed by atoms with Crippen LogP contribution < -0.4 is 0 Å². The third-order valence-corrected chi connectivity index (χ3v) is 1.18. The average Bonchev–Trinajstić information content (AvgIpc) is 2.12. The minimum Gasteiger partial charge on any atom is -0.462 e. The molecule has 0 aliphatic carbocycles. The Morgan fingerprint density at radius 2 is 1.69 bits per heavy atom. The average molecular weight is 229 g/mol. The Hall–Kier alpha value is -1.65. The van der Waals surface area contributed by atoms with Gasteiger partial charge in [0, 0.05) is 5.57 Å². The molecule has 0 atom stereocenters. The Morgan fingerprint density at radius 3 is 1.88 bits per heavy atom. The highest BCUT2D eigenvalue weighted by atomic mass is 16.5. The van der Waals surface area contributed by atoms with Gasteiger partial charge in [-0.1, -0.05) is 13.5 Å². The maximum atomic E-state index is 10.6. The molecule has 0 saturated heterocycles. The molecule has 0 heterocycles. The van der Waals surface area contributed by atoms with E-state index in [9.17, 15) is 19.5 Å². The van der Waals surface area contributed by atoms with Crippen LogP contribution in [0.15, 0.2) is 12.2 Å². The van der Waals surface area contributed by atoms with E-state index in [1.165, 1.54) is 6.92 Å². The van der Waals surface area contributed by atoms with Crippen molar-refractivity contribution in [3.8, 4) is 0 Å². The Bertz CT molecular complexity index is 256. The third kappa shape index (κ3) is 14.9. The van der Waals surface area contributed by atoms with Crippen LogP contribution in [0.1, 0.15) is 33.6 Å². The summed E-state index contributed by atoms with van der Waals surface area (Å²) in [4.78, 5) is 29.9. The van der Waals surface area contributed by atoms with Crippen LogP contribution in [0.2, 0.25) is 0 Å². The summed E-state index contributed by atoms with van der Waals surface area (Å²) in [6.45, 7) is 8.72. The van der Waals surface area contributed by atoms with Gasteiger partial charge in [0.2, 0.25) is 0 Å². The summed E-state index contributed by atoms with van der Waals surface area (Å²) in [7, 11) is 0. The number of rotatable bonds is 5. The van der Waals surface area contributed by atoms with E-state index in [1.807, 2.05) is 6.92 Å². The van der Waals surface area contributed by atoms with Gasteiger partial charge in [-0.05, 0) is 20.3 Å². The molecular weight excluding hydrogens is 212 g/mol. The van der Waals surface area contributed by atoms with Crippen LogP contribution in [0.25, 0.3) is 0 Å². The van der Waals surface area contributed by atoms with Gasteiger partial charge in [0.05, 0.1) is 6.61 Å². The minimum atomic E-state index is -1.31. The van der Waals surface area contributed by atoms with Crippen LogP contribution in [0.3, 0.4) is 0 Å². The second-order valence-electron chi connectivity index (χ2n) is 3.17. The van der Waals surface area contributed by atoms with Gasteiger partial charge in [0.1, 0.15) is 12.2 Å². The van der Waals surface area contributed by atoms with Crippen LogP contribution in [0.5, 0.6) is 0 Å². The highest BCUT2D eigenvalue weighted by Crippen LogP contribution is 1.91. The van der Waals surface area contributed by atoms with Gasteiger partial charge in [-0.15, -0.1) is 0 Å². The van der Waals surface area contributed by atoms with E-state index in [2.05, 4.69) is 6.58 Å². The summed E-state index contributed by atoms with van der Waals surface area (Å²) in [5.41, 5.74) is 0.462. The van der Waals surface area contributed by atoms with Crippen LogP contribution in [0, 0.1) is 0 Å². The van der Waals surface area contributed by atoms with Gasteiger partial charge >= 0.3 is 11.9 Å². The van der Waals surface area contributed by atoms with Crippen LogP contribution in [0.4, 0.5) is 0 Å². The molecule has 0 aliphatic heterocycles. The lowest BCUT2D eigenvalue weighted by Crippen LogP contribution is -2.04. The summed E-state index contributed by atoms with van der Waals surface area (Å²) in [5, 5.41) is 9.48. The molecule has 16 heavy (non-hydrogen) atoms. The van der Waals surface area contributed by atoms with Crippen molar-refractivity contribution in [3.63, 3.8) is 0 Å². The fourth-order valence-corrected chi connectivity index (χ4v) is 0.521. The molecule has 0 rings (SSSR count). The van der Waals surface area contributed by atoms with E-state index in [0.29, 0.717) is 12.2 Å². The largest absolute Gasteiger partial charge is 0.462 e. The Balaban J connectivity index is 0. The Kier molecular flexibility index (Phi) is 10.4. The summed E-state index contributed by atoms with van der Waals surface area (Å²) >= 11 is 0. The van der Waals surface area contributed by atoms with Gasteiger partial charge in [-0.3, -0.25) is 4.79 Å². The number of ether oxygens (including phenoxy) is 1. The molecule has 0 saturated carbocycles. The predicted molar refractivity (Wildman–Crippen MR) is 57.1 cm³/mol. The van der Waals surface area contributed by atoms with Crippen molar-refractivity contribution in [3.05, 3.63) is 12.2 Å². The first kappa shape index (κ1) is 16.8. The first-order valence-corrected chi connectivity index (χ1v) is 4.83. The number of carbonyl (C=O) groups is 3. The normalized spacial score (nSPS) is 8.44. The molecule has 0 bridgehead atoms. The lowest BCUT2D eigenvalue weighted by molar-refractivity contribution is -0.145. The molecule has 0 aromatic heterocycles. The molecule has 0 aromatic carbocycles. The SMILES string of the molecule is C=C(C)C(=O)OCCC.CC(=O)CC([O])=O. The van der Waals surface area contributed by atoms with Crippen molar-refractivity contribution in [2.75, 3.05) is 6.61 Å². The van der Waals surface area contributed by atoms with Gasteiger partial charge in [0.15, 0.2) is 0 Å². The molecule has 0 aromatic rings. The van der Waals surface area contributed by atoms with Crippen LogP contribution in [-0.2, 0) is 24.2 Å². The van der Waals surface area contributed by atoms with Gasteiger partial charge in [-0.25, -0.2) is 14.7 Å². The number of ketones is 1. The summed E-state index contributed by atoms with van der Waals surface area (Å²) < 4.78 is 4.71. The maximum Gasteiger partial charge on any atom is 0.362 e. The Labute approximate surface area is 95.1 Å². The quantitative estimate of drug-likeness (QED) is 0.406.